The molecule has 1 unspecified atom stereocenters. The summed E-state index contributed by atoms with van der Waals surface area (Å²) in [6, 6.07) is 6.99. The summed E-state index contributed by atoms with van der Waals surface area (Å²) in [7, 11) is -3.75. The van der Waals surface area contributed by atoms with E-state index in [4.69, 9.17) is 5.73 Å². The molecule has 0 fully saturated rings. The molecule has 1 aromatic carbocycles. The lowest BCUT2D eigenvalue weighted by Crippen LogP contribution is -2.28. The second-order valence-electron chi connectivity index (χ2n) is 4.31. The van der Waals surface area contributed by atoms with Gasteiger partial charge in [0.1, 0.15) is 0 Å². The van der Waals surface area contributed by atoms with Gasteiger partial charge in [-0.2, -0.15) is 11.3 Å². The van der Waals surface area contributed by atoms with Crippen LogP contribution in [0.4, 0.5) is 0 Å². The molecule has 8 heteroatoms. The van der Waals surface area contributed by atoms with Gasteiger partial charge in [0.25, 0.3) is 0 Å². The molecule has 1 heterocycles. The molecule has 1 amide bonds. The second-order valence-corrected chi connectivity index (χ2v) is 6.86. The number of aliphatic hydroxyl groups excluding tert-OH is 1. The van der Waals surface area contributed by atoms with Gasteiger partial charge in [0.05, 0.1) is 11.0 Å². The molecule has 0 spiro atoms. The van der Waals surface area contributed by atoms with Gasteiger partial charge in [-0.15, -0.1) is 0 Å². The van der Waals surface area contributed by atoms with Gasteiger partial charge in [-0.1, -0.05) is 0 Å². The molecule has 21 heavy (non-hydrogen) atoms. The van der Waals surface area contributed by atoms with Crippen molar-refractivity contribution in [1.82, 2.24) is 4.72 Å². The van der Waals surface area contributed by atoms with E-state index in [-0.39, 0.29) is 17.0 Å². The highest BCUT2D eigenvalue weighted by molar-refractivity contribution is 7.89. The summed E-state index contributed by atoms with van der Waals surface area (Å²) >= 11 is 1.42. The Morgan fingerprint density at radius 3 is 2.48 bits per heavy atom. The number of carbonyl (C=O) groups excluding carboxylic acids is 1. The average Bonchev–Trinajstić information content (AvgIpc) is 2.99. The molecule has 0 radical (unpaired) electrons. The van der Waals surface area contributed by atoms with Crippen molar-refractivity contribution in [3.8, 4) is 0 Å². The van der Waals surface area contributed by atoms with E-state index in [0.29, 0.717) is 5.56 Å². The Morgan fingerprint density at radius 2 is 1.95 bits per heavy atom. The molecule has 0 aliphatic heterocycles. The van der Waals surface area contributed by atoms with Crippen LogP contribution in [0.1, 0.15) is 22.0 Å². The summed E-state index contributed by atoms with van der Waals surface area (Å²) < 4.78 is 26.4. The van der Waals surface area contributed by atoms with Crippen molar-refractivity contribution < 1.29 is 18.3 Å². The van der Waals surface area contributed by atoms with Crippen LogP contribution in [0.3, 0.4) is 0 Å². The first-order chi connectivity index (χ1) is 9.90. The van der Waals surface area contributed by atoms with E-state index < -0.39 is 22.0 Å². The van der Waals surface area contributed by atoms with Crippen molar-refractivity contribution in [1.29, 1.82) is 0 Å². The van der Waals surface area contributed by atoms with Crippen molar-refractivity contribution in [2.45, 2.75) is 11.0 Å². The maximum Gasteiger partial charge on any atom is 0.248 e. The van der Waals surface area contributed by atoms with Crippen LogP contribution in [0.15, 0.2) is 46.0 Å². The topological polar surface area (TPSA) is 109 Å². The summed E-state index contributed by atoms with van der Waals surface area (Å²) in [6.07, 6.45) is -0.907. The molecule has 0 aliphatic rings. The first kappa shape index (κ1) is 15.6. The lowest BCUT2D eigenvalue weighted by atomic mass is 10.2. The third kappa shape index (κ3) is 3.88. The van der Waals surface area contributed by atoms with E-state index in [1.54, 1.807) is 16.8 Å². The van der Waals surface area contributed by atoms with Crippen LogP contribution in [-0.4, -0.2) is 26.0 Å². The van der Waals surface area contributed by atoms with Crippen LogP contribution in [-0.2, 0) is 10.0 Å². The number of carbonyl (C=O) groups is 1. The Bertz CT molecular complexity index is 709. The Balaban J connectivity index is 2.06. The number of primary amides is 1. The Hall–Kier alpha value is -1.74. The molecular weight excluding hydrogens is 312 g/mol. The monoisotopic (exact) mass is 326 g/mol. The van der Waals surface area contributed by atoms with Crippen molar-refractivity contribution >= 4 is 27.3 Å². The number of aliphatic hydroxyl groups is 1. The highest BCUT2D eigenvalue weighted by atomic mass is 32.2. The van der Waals surface area contributed by atoms with Gasteiger partial charge >= 0.3 is 0 Å². The van der Waals surface area contributed by atoms with Crippen molar-refractivity contribution in [3.63, 3.8) is 0 Å². The first-order valence-corrected chi connectivity index (χ1v) is 8.42. The van der Waals surface area contributed by atoms with Crippen molar-refractivity contribution in [3.05, 3.63) is 52.2 Å². The van der Waals surface area contributed by atoms with E-state index in [2.05, 4.69) is 4.72 Å². The highest BCUT2D eigenvalue weighted by Crippen LogP contribution is 2.16. The first-order valence-electron chi connectivity index (χ1n) is 6.00. The Kier molecular flexibility index (Phi) is 4.73. The predicted molar refractivity (Wildman–Crippen MR) is 79.4 cm³/mol. The van der Waals surface area contributed by atoms with Crippen LogP contribution < -0.4 is 10.5 Å². The molecule has 112 valence electrons. The second kappa shape index (κ2) is 6.35. The van der Waals surface area contributed by atoms with Crippen LogP contribution in [0, 0.1) is 0 Å². The smallest absolute Gasteiger partial charge is 0.248 e. The maximum absolute atomic E-state index is 12.1. The molecule has 4 N–H and O–H groups in total. The summed E-state index contributed by atoms with van der Waals surface area (Å²) in [5.74, 6) is -0.625. The minimum absolute atomic E-state index is 0.00465. The summed E-state index contributed by atoms with van der Waals surface area (Å²) in [6.45, 7) is -0.128. The van der Waals surface area contributed by atoms with Crippen LogP contribution in [0.5, 0.6) is 0 Å². The van der Waals surface area contributed by atoms with Crippen LogP contribution in [0.2, 0.25) is 0 Å². The van der Waals surface area contributed by atoms with E-state index in [1.807, 2.05) is 0 Å². The highest BCUT2D eigenvalue weighted by Gasteiger charge is 2.17. The number of thiophene rings is 1. The molecule has 1 atom stereocenters. The summed E-state index contributed by atoms with van der Waals surface area (Å²) in [5, 5.41) is 13.4. The number of hydrogen-bond donors (Lipinski definition) is 3. The third-order valence-electron chi connectivity index (χ3n) is 2.84. The quantitative estimate of drug-likeness (QED) is 0.731. The lowest BCUT2D eigenvalue weighted by molar-refractivity contribution is 0.1000. The zero-order chi connectivity index (χ0) is 15.5. The Morgan fingerprint density at radius 1 is 1.29 bits per heavy atom. The number of rotatable bonds is 6. The SMILES string of the molecule is NC(=O)c1ccc(S(=O)(=O)NCC(O)c2ccsc2)cc1. The van der Waals surface area contributed by atoms with E-state index in [1.165, 1.54) is 35.6 Å². The molecule has 0 saturated carbocycles. The van der Waals surface area contributed by atoms with Crippen LogP contribution >= 0.6 is 11.3 Å². The molecule has 0 aliphatic carbocycles. The maximum atomic E-state index is 12.1. The molecule has 1 aromatic heterocycles. The van der Waals surface area contributed by atoms with E-state index >= 15 is 0 Å². The number of amides is 1. The van der Waals surface area contributed by atoms with Gasteiger partial charge in [-0.25, -0.2) is 13.1 Å². The summed E-state index contributed by atoms with van der Waals surface area (Å²) in [5.41, 5.74) is 5.98. The van der Waals surface area contributed by atoms with Gasteiger partial charge in [0, 0.05) is 12.1 Å². The van der Waals surface area contributed by atoms with Gasteiger partial charge < -0.3 is 10.8 Å². The molecular formula is C13H14N2O4S2. The molecule has 6 nitrogen and oxygen atoms in total. The fraction of sp³-hybridized carbons (Fsp3) is 0.154. The number of hydrogen-bond acceptors (Lipinski definition) is 5. The minimum Gasteiger partial charge on any atom is -0.387 e. The predicted octanol–water partition coefficient (Wildman–Crippen LogP) is 0.859. The minimum atomic E-state index is -3.75. The Labute approximate surface area is 126 Å². The third-order valence-corrected chi connectivity index (χ3v) is 4.98. The number of nitrogens with one attached hydrogen (secondary N) is 1. The lowest BCUT2D eigenvalue weighted by Gasteiger charge is -2.11. The zero-order valence-electron chi connectivity index (χ0n) is 10.9. The standard InChI is InChI=1S/C13H14N2O4S2/c14-13(17)9-1-3-11(4-2-9)21(18,19)15-7-12(16)10-5-6-20-8-10/h1-6,8,12,15-16H,7H2,(H2,14,17). The average molecular weight is 326 g/mol. The van der Waals surface area contributed by atoms with E-state index in [0.717, 1.165) is 0 Å². The molecule has 0 bridgehead atoms. The fourth-order valence-electron chi connectivity index (χ4n) is 1.65. The number of benzene rings is 1. The summed E-state index contributed by atoms with van der Waals surface area (Å²) in [4.78, 5) is 10.9. The van der Waals surface area contributed by atoms with Gasteiger partial charge in [-0.05, 0) is 46.7 Å². The van der Waals surface area contributed by atoms with Gasteiger partial charge in [-0.3, -0.25) is 4.79 Å². The zero-order valence-corrected chi connectivity index (χ0v) is 12.5. The number of nitrogens with two attached hydrogens (primary N) is 1. The molecule has 2 rings (SSSR count). The van der Waals surface area contributed by atoms with Gasteiger partial charge in [0.2, 0.25) is 15.9 Å². The van der Waals surface area contributed by atoms with E-state index in [9.17, 15) is 18.3 Å². The fourth-order valence-corrected chi connectivity index (χ4v) is 3.40. The van der Waals surface area contributed by atoms with Crippen LogP contribution in [0.25, 0.3) is 0 Å². The largest absolute Gasteiger partial charge is 0.387 e. The number of sulfonamides is 1. The van der Waals surface area contributed by atoms with Crippen molar-refractivity contribution in [2.24, 2.45) is 5.73 Å². The molecule has 2 aromatic rings. The normalized spacial score (nSPS) is 13.0. The van der Waals surface area contributed by atoms with Gasteiger partial charge in [0.15, 0.2) is 0 Å². The van der Waals surface area contributed by atoms with Crippen molar-refractivity contribution in [2.75, 3.05) is 6.54 Å². The molecule has 0 saturated heterocycles.